The van der Waals surface area contributed by atoms with Crippen molar-refractivity contribution in [2.45, 2.75) is 383 Å². The van der Waals surface area contributed by atoms with Crippen LogP contribution in [0.15, 0.2) is 60.8 Å². The minimum Gasteiger partial charge on any atom is -0.456 e. The normalized spacial score (nSPS) is 33.5. The van der Waals surface area contributed by atoms with E-state index in [1.54, 1.807) is 27.7 Å². The predicted molar refractivity (Wildman–Crippen MR) is 390 cm³/mol. The van der Waals surface area contributed by atoms with E-state index in [1.165, 1.54) is 20.8 Å². The topological polar surface area (TPSA) is 132 Å². The van der Waals surface area contributed by atoms with E-state index in [0.717, 1.165) is 51.4 Å². The third-order valence-corrected chi connectivity index (χ3v) is 27.6. The molecule has 0 aliphatic heterocycles. The number of carbonyl (C=O) groups excluding carboxylic acids is 5. The second-order valence-corrected chi connectivity index (χ2v) is 37.4. The van der Waals surface area contributed by atoms with E-state index < -0.39 is 147 Å². The summed E-state index contributed by atoms with van der Waals surface area (Å²) in [5.41, 5.74) is -9.87. The van der Waals surface area contributed by atoms with Crippen LogP contribution in [0, 0.1) is 57.7 Å². The first-order chi connectivity index (χ1) is 50.5. The van der Waals surface area contributed by atoms with Gasteiger partial charge in [-0.05, 0) is 219 Å². The number of hydrogen-bond donors (Lipinski definition) is 0. The minimum atomic E-state index is -5.14. The van der Waals surface area contributed by atoms with Gasteiger partial charge in [0.1, 0.15) is 45.0 Å². The summed E-state index contributed by atoms with van der Waals surface area (Å²) in [5, 5.41) is 0. The summed E-state index contributed by atoms with van der Waals surface area (Å²) in [6.45, 7) is 40.3. The first-order valence-electron chi connectivity index (χ1n) is 40.0. The number of esters is 5. The average Bonchev–Trinajstić information content (AvgIpc) is 1.17. The average molecular weight is 1610 g/mol. The van der Waals surface area contributed by atoms with Gasteiger partial charge in [-0.1, -0.05) is 74.4 Å². The van der Waals surface area contributed by atoms with Crippen LogP contribution in [0.25, 0.3) is 0 Å². The molecule has 0 aromatic rings. The summed E-state index contributed by atoms with van der Waals surface area (Å²) in [5.74, 6) is -23.9. The summed E-state index contributed by atoms with van der Waals surface area (Å²) in [4.78, 5) is 59.8. The molecule has 13 aliphatic carbocycles. The zero-order valence-electron chi connectivity index (χ0n) is 67.5. The van der Waals surface area contributed by atoms with Gasteiger partial charge >= 0.3 is 36.0 Å². The van der Waals surface area contributed by atoms with Crippen LogP contribution in [0.3, 0.4) is 0 Å². The summed E-state index contributed by atoms with van der Waals surface area (Å²) in [6, 6.07) is 0. The Balaban J connectivity index is 0.000000193. The zero-order chi connectivity index (χ0) is 84.2. The van der Waals surface area contributed by atoms with Gasteiger partial charge in [-0.15, -0.1) is 0 Å². The molecule has 3 unspecified atom stereocenters. The maximum Gasteiger partial charge on any atom is 0.389 e. The van der Waals surface area contributed by atoms with Crippen LogP contribution in [0.5, 0.6) is 0 Å². The standard InChI is InChI=1S/C19H27F3O2.C17H23F7O2.C17H24F2O2.C17H26F2O2.C15H22F2O2/c1-5-19(6-2,24-14(23)13(3)4)15-7-16(20)10-17(21,8-15)12-18(22,9-15)11-16;1-5-14(6-2,26-13(25)10(3)4)11-7-15(18,19)12(9-17(22,23)24)16(20,21)8-11;1-10(2)14(20)21-15(3,4)16-7-11-5-12(8-16)17(18,19)13(6-11)9-16;1-12(2)14(20)21-16(10-9-15(3,4)11-16)13-5-7-17(18,19)8-6-13;1-11(2)13(18)19-14(7-3-4-8-14)12-5-9-15(16,17)10-6-12/h3,5-12H2,1-2,4H3;11-12H,3,5-9H2,1-2,4H3;11-13H,1,5-9H2,2-4H3;13H,1,5-11H2,2-4H3;12H,1,3-10H2,2H3. The third-order valence-electron chi connectivity index (χ3n) is 27.6. The first kappa shape index (κ1) is 93.1. The molecule has 0 heterocycles. The van der Waals surface area contributed by atoms with E-state index in [0.29, 0.717) is 86.8 Å². The minimum absolute atomic E-state index is 0.0245. The van der Waals surface area contributed by atoms with Crippen molar-refractivity contribution < 1.29 is 118 Å². The molecule has 0 spiro atoms. The predicted octanol–water partition coefficient (Wildman–Crippen LogP) is 24.5. The Hall–Kier alpha value is -5.07. The molecule has 0 radical (unpaired) electrons. The Kier molecular flexibility index (Phi) is 27.5. The van der Waals surface area contributed by atoms with Gasteiger partial charge in [0.2, 0.25) is 11.8 Å². The van der Waals surface area contributed by atoms with E-state index >= 15 is 13.2 Å². The van der Waals surface area contributed by atoms with Gasteiger partial charge in [-0.2, -0.15) is 13.2 Å². The lowest BCUT2D eigenvalue weighted by molar-refractivity contribution is -0.273. The summed E-state index contributed by atoms with van der Waals surface area (Å²) in [6.07, 6.45) is 1.19. The van der Waals surface area contributed by atoms with Gasteiger partial charge in [-0.25, -0.2) is 81.0 Å². The quantitative estimate of drug-likeness (QED) is 0.0502. The molecule has 10 nitrogen and oxygen atoms in total. The van der Waals surface area contributed by atoms with Crippen LogP contribution >= 0.6 is 0 Å². The van der Waals surface area contributed by atoms with Gasteiger partial charge in [0.15, 0.2) is 0 Å². The van der Waals surface area contributed by atoms with Crippen molar-refractivity contribution >= 4 is 29.8 Å². The molecule has 3 atom stereocenters. The summed E-state index contributed by atoms with van der Waals surface area (Å²) < 4.78 is 251. The van der Waals surface area contributed by atoms with E-state index in [9.17, 15) is 81.0 Å². The Bertz CT molecular complexity index is 3340. The summed E-state index contributed by atoms with van der Waals surface area (Å²) in [7, 11) is 0. The van der Waals surface area contributed by atoms with Crippen molar-refractivity contribution in [2.75, 3.05) is 0 Å². The maximum atomic E-state index is 15.3. The second-order valence-electron chi connectivity index (χ2n) is 37.4. The lowest BCUT2D eigenvalue weighted by Crippen LogP contribution is -2.71. The lowest BCUT2D eigenvalue weighted by Gasteiger charge is -2.67. The van der Waals surface area contributed by atoms with Crippen LogP contribution in [0.4, 0.5) is 70.2 Å². The molecular weight excluding hydrogens is 1480 g/mol. The van der Waals surface area contributed by atoms with Crippen molar-refractivity contribution in [1.29, 1.82) is 0 Å². The van der Waals surface area contributed by atoms with Gasteiger partial charge in [0.25, 0.3) is 17.8 Å². The van der Waals surface area contributed by atoms with Gasteiger partial charge < -0.3 is 23.7 Å². The highest BCUT2D eigenvalue weighted by atomic mass is 19.4. The van der Waals surface area contributed by atoms with E-state index in [2.05, 4.69) is 46.7 Å². The largest absolute Gasteiger partial charge is 0.456 e. The number of hydrogen-bond acceptors (Lipinski definition) is 10. The molecule has 111 heavy (non-hydrogen) atoms. The highest BCUT2D eigenvalue weighted by Gasteiger charge is 2.76. The number of alkyl halides is 16. The highest BCUT2D eigenvalue weighted by molar-refractivity contribution is 5.89. The molecule has 26 heteroatoms. The van der Waals surface area contributed by atoms with Crippen molar-refractivity contribution in [3.8, 4) is 0 Å². The second kappa shape index (κ2) is 32.8. The van der Waals surface area contributed by atoms with Crippen molar-refractivity contribution in [3.63, 3.8) is 0 Å². The van der Waals surface area contributed by atoms with E-state index in [4.69, 9.17) is 23.7 Å². The molecule has 0 aromatic carbocycles. The van der Waals surface area contributed by atoms with Crippen molar-refractivity contribution in [3.05, 3.63) is 60.8 Å². The number of halogens is 16. The molecule has 0 N–H and O–H groups in total. The lowest BCUT2D eigenvalue weighted by atomic mass is 9.42. The Morgan fingerprint density at radius 1 is 0.414 bits per heavy atom. The maximum absolute atomic E-state index is 15.3. The van der Waals surface area contributed by atoms with Crippen LogP contribution in [-0.2, 0) is 47.7 Å². The zero-order valence-corrected chi connectivity index (χ0v) is 67.5. The number of carbonyl (C=O) groups is 5. The molecule has 13 rings (SSSR count). The SMILES string of the molecule is C=C(C)C(=O)OC(C)(C)C12CC3CC(C1)C(F)(F)C(C3)C2.C=C(C)C(=O)OC(CC)(CC)C12CC3(F)CC(F)(CC(F)(C3)C1)C2.C=C(C)C(=O)OC(CC)(CC)C1CC(F)(F)C(CC(F)(F)F)C(F)(F)C1.C=C(C)C(=O)OC1(C2CCC(F)(F)CC2)CCC(C)(C)C1.C=C(C)C(=O)OC1(C2CCC(F)(F)CC2)CCCC1. The van der Waals surface area contributed by atoms with Crippen LogP contribution in [0.2, 0.25) is 0 Å². The highest BCUT2D eigenvalue weighted by Crippen LogP contribution is 2.73. The molecule has 0 aromatic heterocycles. The van der Waals surface area contributed by atoms with Gasteiger partial charge in [-0.3, -0.25) is 0 Å². The van der Waals surface area contributed by atoms with Crippen molar-refractivity contribution in [1.82, 2.24) is 0 Å². The molecule has 634 valence electrons. The fraction of sp³-hybridized carbons (Fsp3) is 0.824. The molecule has 13 aliphatic rings. The van der Waals surface area contributed by atoms with Crippen LogP contribution < -0.4 is 0 Å². The van der Waals surface area contributed by atoms with Gasteiger partial charge in [0.05, 0.1) is 12.3 Å². The Morgan fingerprint density at radius 2 is 0.784 bits per heavy atom. The Morgan fingerprint density at radius 3 is 1.14 bits per heavy atom. The molecule has 0 amide bonds. The van der Waals surface area contributed by atoms with Crippen LogP contribution in [-0.4, -0.2) is 111 Å². The fourth-order valence-electron chi connectivity index (χ4n) is 22.2. The third kappa shape index (κ3) is 20.7. The number of rotatable bonds is 20. The molecule has 0 saturated heterocycles. The summed E-state index contributed by atoms with van der Waals surface area (Å²) >= 11 is 0. The van der Waals surface area contributed by atoms with E-state index in [-0.39, 0.29) is 123 Å². The Labute approximate surface area is 646 Å². The monoisotopic (exact) mass is 1610 g/mol. The molecular formula is C85H122F16O10. The van der Waals surface area contributed by atoms with Crippen LogP contribution in [0.1, 0.15) is 302 Å². The fourth-order valence-corrected chi connectivity index (χ4v) is 22.2. The smallest absolute Gasteiger partial charge is 0.389 e. The van der Waals surface area contributed by atoms with Crippen molar-refractivity contribution in [2.24, 2.45) is 57.7 Å². The molecule has 13 fully saturated rings. The van der Waals surface area contributed by atoms with E-state index in [1.807, 2.05) is 27.7 Å². The molecule has 13 saturated carbocycles. The first-order valence-corrected chi connectivity index (χ1v) is 40.0. The number of ether oxygens (including phenoxy) is 5. The van der Waals surface area contributed by atoms with Gasteiger partial charge in [0, 0.05) is 114 Å². The molecule has 8 bridgehead atoms.